The molecule has 0 aliphatic carbocycles. The largest absolute Gasteiger partial charge is 0.462 e. The van der Waals surface area contributed by atoms with Crippen LogP contribution in [0.3, 0.4) is 0 Å². The minimum atomic E-state index is -0.794. The fourth-order valence-corrected chi connectivity index (χ4v) is 9.18. The molecule has 0 fully saturated rings. The molecule has 0 aliphatic heterocycles. The van der Waals surface area contributed by atoms with Gasteiger partial charge >= 0.3 is 17.9 Å². The Kier molecular flexibility index (Phi) is 61.8. The molecule has 0 heterocycles. The van der Waals surface area contributed by atoms with Gasteiger partial charge in [0.1, 0.15) is 13.2 Å². The van der Waals surface area contributed by atoms with E-state index in [1.54, 1.807) is 0 Å². The third kappa shape index (κ3) is 63.0. The minimum Gasteiger partial charge on any atom is -0.462 e. The van der Waals surface area contributed by atoms with Crippen LogP contribution in [-0.2, 0) is 28.6 Å². The van der Waals surface area contributed by atoms with E-state index in [4.69, 9.17) is 14.2 Å². The summed E-state index contributed by atoms with van der Waals surface area (Å²) in [5.41, 5.74) is 0. The van der Waals surface area contributed by atoms with Gasteiger partial charge in [0.2, 0.25) is 0 Å². The molecule has 0 bridgehead atoms. The molecule has 0 aromatic carbocycles. The molecule has 6 nitrogen and oxygen atoms in total. The Balaban J connectivity index is 4.44. The van der Waals surface area contributed by atoms with Gasteiger partial charge in [0, 0.05) is 19.3 Å². The molecule has 0 rings (SSSR count). The van der Waals surface area contributed by atoms with Crippen LogP contribution in [0, 0.1) is 0 Å². The van der Waals surface area contributed by atoms with E-state index >= 15 is 0 Å². The highest BCUT2D eigenvalue weighted by atomic mass is 16.6. The Morgan fingerprint density at radius 2 is 0.506 bits per heavy atom. The topological polar surface area (TPSA) is 78.9 Å². The van der Waals surface area contributed by atoms with Gasteiger partial charge in [-0.2, -0.15) is 0 Å². The number of hydrogen-bond donors (Lipinski definition) is 0. The van der Waals surface area contributed by atoms with E-state index in [2.05, 4.69) is 118 Å². The van der Waals surface area contributed by atoms with E-state index in [1.165, 1.54) is 141 Å². The second kappa shape index (κ2) is 64.9. The quantitative estimate of drug-likeness (QED) is 0.0261. The number of hydrogen-bond acceptors (Lipinski definition) is 6. The number of allylic oxidation sites excluding steroid dienone is 16. The molecule has 0 aliphatic rings. The highest BCUT2D eigenvalue weighted by Crippen LogP contribution is 2.17. The standard InChI is InChI=1S/C71H122O6/c1-4-7-10-13-16-19-22-25-28-31-34-35-38-40-43-46-49-52-55-58-61-64-70(73)76-67-68(77-71(74)65-62-59-56-53-50-47-44-41-37-33-30-27-24-21-18-15-12-9-6-3)66-75-69(72)63-60-57-54-51-48-45-42-39-36-32-29-26-23-20-17-14-11-8-5-2/h7,10,16,18-19,21,25,27-28,30,34-35,37,40-41,43,68H,4-6,8-9,11-15,17,20,22-24,26,29,31-33,36,38-39,42,44-67H2,1-3H3/b10-7-,19-16-,21-18-,28-25-,30-27-,35-34-,41-37-,43-40-. The highest BCUT2D eigenvalue weighted by Gasteiger charge is 2.19. The summed E-state index contributed by atoms with van der Waals surface area (Å²) < 4.78 is 16.9. The maximum atomic E-state index is 12.9. The summed E-state index contributed by atoms with van der Waals surface area (Å²) in [6.45, 7) is 6.51. The molecule has 0 aromatic rings. The summed E-state index contributed by atoms with van der Waals surface area (Å²) in [5, 5.41) is 0. The van der Waals surface area contributed by atoms with Gasteiger partial charge in [0.15, 0.2) is 6.10 Å². The van der Waals surface area contributed by atoms with Gasteiger partial charge in [-0.1, -0.05) is 291 Å². The smallest absolute Gasteiger partial charge is 0.306 e. The molecule has 0 saturated heterocycles. The molecule has 77 heavy (non-hydrogen) atoms. The van der Waals surface area contributed by atoms with E-state index in [1.807, 2.05) is 0 Å². The molecule has 0 aromatic heterocycles. The van der Waals surface area contributed by atoms with Gasteiger partial charge in [0.25, 0.3) is 0 Å². The van der Waals surface area contributed by atoms with Crippen molar-refractivity contribution in [3.8, 4) is 0 Å². The van der Waals surface area contributed by atoms with Crippen LogP contribution in [0.15, 0.2) is 97.2 Å². The van der Waals surface area contributed by atoms with E-state index in [9.17, 15) is 14.4 Å². The Labute approximate surface area is 477 Å². The van der Waals surface area contributed by atoms with Crippen LogP contribution < -0.4 is 0 Å². The normalized spacial score (nSPS) is 12.7. The number of rotatable bonds is 59. The summed E-state index contributed by atoms with van der Waals surface area (Å²) in [5.74, 6) is -0.906. The third-order valence-corrected chi connectivity index (χ3v) is 14.1. The Bertz CT molecular complexity index is 1510. The summed E-state index contributed by atoms with van der Waals surface area (Å²) in [6.07, 6.45) is 86.9. The number of unbranched alkanes of at least 4 members (excludes halogenated alkanes) is 32. The van der Waals surface area contributed by atoms with Gasteiger partial charge in [-0.15, -0.1) is 0 Å². The molecule has 1 atom stereocenters. The van der Waals surface area contributed by atoms with Crippen molar-refractivity contribution in [1.82, 2.24) is 0 Å². The van der Waals surface area contributed by atoms with Crippen LogP contribution in [0.1, 0.15) is 316 Å². The van der Waals surface area contributed by atoms with Crippen molar-refractivity contribution < 1.29 is 28.6 Å². The molecular formula is C71H122O6. The zero-order chi connectivity index (χ0) is 55.7. The second-order valence-corrected chi connectivity index (χ2v) is 21.6. The molecule has 0 saturated carbocycles. The predicted octanol–water partition coefficient (Wildman–Crippen LogP) is 22.4. The van der Waals surface area contributed by atoms with Crippen LogP contribution in [0.4, 0.5) is 0 Å². The van der Waals surface area contributed by atoms with E-state index in [-0.39, 0.29) is 31.1 Å². The Hall–Kier alpha value is -3.67. The first-order valence-corrected chi connectivity index (χ1v) is 32.7. The minimum absolute atomic E-state index is 0.0872. The zero-order valence-electron chi connectivity index (χ0n) is 50.7. The maximum Gasteiger partial charge on any atom is 0.306 e. The Morgan fingerprint density at radius 3 is 0.818 bits per heavy atom. The first-order chi connectivity index (χ1) is 38.0. The fraction of sp³-hybridized carbons (Fsp3) is 0.732. The Morgan fingerprint density at radius 1 is 0.273 bits per heavy atom. The average molecular weight is 1070 g/mol. The number of carbonyl (C=O) groups excluding carboxylic acids is 3. The van der Waals surface area contributed by atoms with Crippen LogP contribution in [0.25, 0.3) is 0 Å². The molecule has 1 unspecified atom stereocenters. The van der Waals surface area contributed by atoms with E-state index < -0.39 is 6.10 Å². The lowest BCUT2D eigenvalue weighted by molar-refractivity contribution is -0.167. The fourth-order valence-electron chi connectivity index (χ4n) is 9.18. The maximum absolute atomic E-state index is 12.9. The lowest BCUT2D eigenvalue weighted by atomic mass is 10.0. The van der Waals surface area contributed by atoms with Gasteiger partial charge in [-0.3, -0.25) is 14.4 Å². The first kappa shape index (κ1) is 73.3. The zero-order valence-corrected chi connectivity index (χ0v) is 50.7. The lowest BCUT2D eigenvalue weighted by Gasteiger charge is -2.18. The van der Waals surface area contributed by atoms with Crippen LogP contribution in [-0.4, -0.2) is 37.2 Å². The van der Waals surface area contributed by atoms with Gasteiger partial charge in [-0.05, 0) is 103 Å². The molecule has 0 radical (unpaired) electrons. The van der Waals surface area contributed by atoms with Crippen LogP contribution in [0.2, 0.25) is 0 Å². The van der Waals surface area contributed by atoms with Crippen molar-refractivity contribution in [2.75, 3.05) is 13.2 Å². The SMILES string of the molecule is CC/C=C\C/C=C\C/C=C\C/C=C\C/C=C\CCCCCCCC(=O)OCC(COC(=O)CCCCCCCCCCCCCCCCCCCCC)OC(=O)CCCCCCCC/C=C\C/C=C\C/C=C\CCCCC. The number of carbonyl (C=O) groups is 3. The molecule has 442 valence electrons. The van der Waals surface area contributed by atoms with Gasteiger partial charge in [-0.25, -0.2) is 0 Å². The van der Waals surface area contributed by atoms with Crippen molar-refractivity contribution in [3.05, 3.63) is 97.2 Å². The lowest BCUT2D eigenvalue weighted by Crippen LogP contribution is -2.30. The molecule has 0 amide bonds. The first-order valence-electron chi connectivity index (χ1n) is 32.7. The van der Waals surface area contributed by atoms with Crippen molar-refractivity contribution in [3.63, 3.8) is 0 Å². The summed E-state index contributed by atoms with van der Waals surface area (Å²) >= 11 is 0. The summed E-state index contributed by atoms with van der Waals surface area (Å²) in [4.78, 5) is 38.4. The van der Waals surface area contributed by atoms with Crippen LogP contribution in [0.5, 0.6) is 0 Å². The predicted molar refractivity (Wildman–Crippen MR) is 334 cm³/mol. The average Bonchev–Trinajstić information content (AvgIpc) is 3.43. The molecular weight excluding hydrogens is 949 g/mol. The number of esters is 3. The molecule has 0 spiro atoms. The van der Waals surface area contributed by atoms with Crippen molar-refractivity contribution in [2.45, 2.75) is 322 Å². The third-order valence-electron chi connectivity index (χ3n) is 14.1. The van der Waals surface area contributed by atoms with E-state index in [0.717, 1.165) is 135 Å². The molecule has 6 heteroatoms. The molecule has 0 N–H and O–H groups in total. The van der Waals surface area contributed by atoms with Crippen LogP contribution >= 0.6 is 0 Å². The second-order valence-electron chi connectivity index (χ2n) is 21.6. The number of ether oxygens (including phenoxy) is 3. The van der Waals surface area contributed by atoms with E-state index in [0.29, 0.717) is 19.3 Å². The highest BCUT2D eigenvalue weighted by molar-refractivity contribution is 5.71. The van der Waals surface area contributed by atoms with Crippen molar-refractivity contribution in [1.29, 1.82) is 0 Å². The van der Waals surface area contributed by atoms with Gasteiger partial charge < -0.3 is 14.2 Å². The van der Waals surface area contributed by atoms with Crippen molar-refractivity contribution >= 4 is 17.9 Å². The van der Waals surface area contributed by atoms with Crippen molar-refractivity contribution in [2.24, 2.45) is 0 Å². The summed E-state index contributed by atoms with van der Waals surface area (Å²) in [7, 11) is 0. The van der Waals surface area contributed by atoms with Gasteiger partial charge in [0.05, 0.1) is 0 Å². The summed E-state index contributed by atoms with van der Waals surface area (Å²) in [6, 6.07) is 0. The monoisotopic (exact) mass is 1070 g/mol.